The van der Waals surface area contributed by atoms with E-state index in [0.717, 1.165) is 16.0 Å². The summed E-state index contributed by atoms with van der Waals surface area (Å²) in [6, 6.07) is 8.72. The predicted molar refractivity (Wildman–Crippen MR) is 78.0 cm³/mol. The molecule has 1 aromatic heterocycles. The van der Waals surface area contributed by atoms with Crippen molar-refractivity contribution in [3.63, 3.8) is 0 Å². The third-order valence-corrected chi connectivity index (χ3v) is 4.06. The molecule has 0 spiro atoms. The van der Waals surface area contributed by atoms with E-state index in [1.54, 1.807) is 0 Å². The molecule has 0 saturated carbocycles. The minimum absolute atomic E-state index is 0.166. The average molecular weight is 308 g/mol. The van der Waals surface area contributed by atoms with Gasteiger partial charge in [0.1, 0.15) is 11.5 Å². The molecule has 1 heterocycles. The summed E-state index contributed by atoms with van der Waals surface area (Å²) in [4.78, 5) is 0. The number of halogens is 1. The second kappa shape index (κ2) is 5.29. The summed E-state index contributed by atoms with van der Waals surface area (Å²) >= 11 is 3.59. The highest BCUT2D eigenvalue weighted by molar-refractivity contribution is 9.10. The Bertz CT molecular complexity index is 560. The molecule has 96 valence electrons. The molecule has 0 aliphatic heterocycles. The Morgan fingerprint density at radius 3 is 2.39 bits per heavy atom. The van der Waals surface area contributed by atoms with Crippen molar-refractivity contribution in [2.75, 3.05) is 7.05 Å². The Morgan fingerprint density at radius 2 is 1.89 bits per heavy atom. The van der Waals surface area contributed by atoms with Gasteiger partial charge in [-0.2, -0.15) is 0 Å². The summed E-state index contributed by atoms with van der Waals surface area (Å²) in [5.74, 6) is 1.93. The van der Waals surface area contributed by atoms with Crippen LogP contribution >= 0.6 is 15.9 Å². The molecule has 18 heavy (non-hydrogen) atoms. The van der Waals surface area contributed by atoms with Gasteiger partial charge in [0.25, 0.3) is 0 Å². The monoisotopic (exact) mass is 307 g/mol. The van der Waals surface area contributed by atoms with Gasteiger partial charge in [-0.25, -0.2) is 0 Å². The maximum Gasteiger partial charge on any atom is 0.106 e. The lowest BCUT2D eigenvalue weighted by Crippen LogP contribution is -2.17. The lowest BCUT2D eigenvalue weighted by Gasteiger charge is -2.17. The van der Waals surface area contributed by atoms with Crippen LogP contribution in [0.3, 0.4) is 0 Å². The van der Waals surface area contributed by atoms with Gasteiger partial charge in [-0.05, 0) is 51.1 Å². The number of furan rings is 1. The van der Waals surface area contributed by atoms with Crippen LogP contribution in [-0.4, -0.2) is 7.05 Å². The summed E-state index contributed by atoms with van der Waals surface area (Å²) < 4.78 is 6.76. The van der Waals surface area contributed by atoms with Crippen molar-refractivity contribution < 1.29 is 4.42 Å². The molecule has 1 unspecified atom stereocenters. The topological polar surface area (TPSA) is 25.2 Å². The van der Waals surface area contributed by atoms with E-state index in [2.05, 4.69) is 52.4 Å². The molecule has 0 amide bonds. The second-order valence-electron chi connectivity index (χ2n) is 4.60. The zero-order valence-corrected chi connectivity index (χ0v) is 12.8. The lowest BCUT2D eigenvalue weighted by atomic mass is 9.98. The smallest absolute Gasteiger partial charge is 0.106 e. The van der Waals surface area contributed by atoms with Crippen LogP contribution in [0, 0.1) is 20.8 Å². The highest BCUT2D eigenvalue weighted by Crippen LogP contribution is 2.29. The number of aryl methyl sites for hydroxylation is 3. The van der Waals surface area contributed by atoms with Crippen LogP contribution in [0.15, 0.2) is 33.2 Å². The number of benzene rings is 1. The predicted octanol–water partition coefficient (Wildman–Crippen LogP) is 4.28. The minimum atomic E-state index is 0.166. The standard InChI is InChI=1S/C15H18BrNO/c1-9-5-6-12(8-14(9)16)15(17-4)13-7-10(2)18-11(13)3/h5-8,15,17H,1-4H3. The SMILES string of the molecule is CNC(c1ccc(C)c(Br)c1)c1cc(C)oc1C. The van der Waals surface area contributed by atoms with Crippen LogP contribution in [0.1, 0.15) is 34.3 Å². The maximum atomic E-state index is 5.62. The Labute approximate surface area is 117 Å². The first-order valence-electron chi connectivity index (χ1n) is 6.03. The van der Waals surface area contributed by atoms with E-state index < -0.39 is 0 Å². The summed E-state index contributed by atoms with van der Waals surface area (Å²) in [6.45, 7) is 6.08. The molecular weight excluding hydrogens is 290 g/mol. The van der Waals surface area contributed by atoms with Crippen molar-refractivity contribution in [2.45, 2.75) is 26.8 Å². The molecule has 0 radical (unpaired) electrons. The largest absolute Gasteiger partial charge is 0.466 e. The van der Waals surface area contributed by atoms with E-state index in [4.69, 9.17) is 4.42 Å². The van der Waals surface area contributed by atoms with Crippen LogP contribution in [0.2, 0.25) is 0 Å². The van der Waals surface area contributed by atoms with E-state index in [1.807, 2.05) is 20.9 Å². The number of hydrogen-bond acceptors (Lipinski definition) is 2. The average Bonchev–Trinajstić information content (AvgIpc) is 2.64. The molecule has 0 fully saturated rings. The van der Waals surface area contributed by atoms with E-state index in [9.17, 15) is 0 Å². The molecule has 1 N–H and O–H groups in total. The van der Waals surface area contributed by atoms with Crippen LogP contribution in [0.5, 0.6) is 0 Å². The highest BCUT2D eigenvalue weighted by atomic mass is 79.9. The van der Waals surface area contributed by atoms with Crippen molar-refractivity contribution in [3.05, 3.63) is 56.9 Å². The van der Waals surface area contributed by atoms with Crippen molar-refractivity contribution in [1.29, 1.82) is 0 Å². The Hall–Kier alpha value is -1.06. The van der Waals surface area contributed by atoms with Gasteiger partial charge in [0.05, 0.1) is 6.04 Å². The number of rotatable bonds is 3. The molecule has 0 aliphatic rings. The lowest BCUT2D eigenvalue weighted by molar-refractivity contribution is 0.497. The summed E-state index contributed by atoms with van der Waals surface area (Å²) in [5.41, 5.74) is 3.68. The minimum Gasteiger partial charge on any atom is -0.466 e. The summed E-state index contributed by atoms with van der Waals surface area (Å²) in [6.07, 6.45) is 0. The quantitative estimate of drug-likeness (QED) is 0.915. The van der Waals surface area contributed by atoms with Gasteiger partial charge in [0.15, 0.2) is 0 Å². The third-order valence-electron chi connectivity index (χ3n) is 3.21. The van der Waals surface area contributed by atoms with Crippen LogP contribution in [-0.2, 0) is 0 Å². The van der Waals surface area contributed by atoms with Gasteiger partial charge in [0, 0.05) is 10.0 Å². The van der Waals surface area contributed by atoms with E-state index in [0.29, 0.717) is 0 Å². The normalized spacial score (nSPS) is 12.7. The van der Waals surface area contributed by atoms with E-state index >= 15 is 0 Å². The van der Waals surface area contributed by atoms with Gasteiger partial charge in [-0.15, -0.1) is 0 Å². The summed E-state index contributed by atoms with van der Waals surface area (Å²) in [7, 11) is 1.97. The first kappa shape index (κ1) is 13.4. The molecule has 1 atom stereocenters. The molecule has 2 aromatic rings. The van der Waals surface area contributed by atoms with E-state index in [1.165, 1.54) is 16.7 Å². The molecule has 2 rings (SSSR count). The van der Waals surface area contributed by atoms with E-state index in [-0.39, 0.29) is 6.04 Å². The first-order valence-corrected chi connectivity index (χ1v) is 6.82. The zero-order chi connectivity index (χ0) is 13.3. The van der Waals surface area contributed by atoms with Crippen LogP contribution in [0.4, 0.5) is 0 Å². The molecule has 0 aliphatic carbocycles. The fourth-order valence-corrected chi connectivity index (χ4v) is 2.62. The highest BCUT2D eigenvalue weighted by Gasteiger charge is 2.17. The summed E-state index contributed by atoms with van der Waals surface area (Å²) in [5, 5.41) is 3.35. The molecular formula is C15H18BrNO. The van der Waals surface area contributed by atoms with Crippen LogP contribution in [0.25, 0.3) is 0 Å². The zero-order valence-electron chi connectivity index (χ0n) is 11.2. The second-order valence-corrected chi connectivity index (χ2v) is 5.45. The fourth-order valence-electron chi connectivity index (χ4n) is 2.23. The third kappa shape index (κ3) is 2.52. The van der Waals surface area contributed by atoms with Crippen molar-refractivity contribution >= 4 is 15.9 Å². The molecule has 2 nitrogen and oxygen atoms in total. The van der Waals surface area contributed by atoms with Gasteiger partial charge in [-0.1, -0.05) is 28.1 Å². The Kier molecular flexibility index (Phi) is 3.93. The molecule has 0 bridgehead atoms. The molecule has 1 aromatic carbocycles. The number of hydrogen-bond donors (Lipinski definition) is 1. The fraction of sp³-hybridized carbons (Fsp3) is 0.333. The maximum absolute atomic E-state index is 5.62. The van der Waals surface area contributed by atoms with Crippen LogP contribution < -0.4 is 5.32 Å². The van der Waals surface area contributed by atoms with Crippen molar-refractivity contribution in [1.82, 2.24) is 5.32 Å². The van der Waals surface area contributed by atoms with Gasteiger partial charge in [0.2, 0.25) is 0 Å². The Balaban J connectivity index is 2.45. The van der Waals surface area contributed by atoms with Gasteiger partial charge < -0.3 is 9.73 Å². The number of nitrogens with one attached hydrogen (secondary N) is 1. The first-order chi connectivity index (χ1) is 8.52. The molecule has 0 saturated heterocycles. The van der Waals surface area contributed by atoms with Crippen molar-refractivity contribution in [2.24, 2.45) is 0 Å². The van der Waals surface area contributed by atoms with Gasteiger partial charge in [-0.3, -0.25) is 0 Å². The van der Waals surface area contributed by atoms with Gasteiger partial charge >= 0.3 is 0 Å². The van der Waals surface area contributed by atoms with Crippen molar-refractivity contribution in [3.8, 4) is 0 Å². The molecule has 3 heteroatoms. The Morgan fingerprint density at radius 1 is 1.17 bits per heavy atom.